The first-order valence-electron chi connectivity index (χ1n) is 19.5. The highest BCUT2D eigenvalue weighted by Gasteiger charge is 2.69. The highest BCUT2D eigenvalue weighted by atomic mass is 32.2. The molecule has 5 aliphatic carbocycles. The SMILES string of the molecule is C=C.COC(=O)CCCCCC1=CCC2(C)C(CCC3(C)C2CCC2[C@H]4CCCC4(NCCN4CCS(=O)CC4)CC[C@]23C)C1(C)C. The first-order valence-corrected chi connectivity index (χ1v) is 21.0. The van der Waals surface area contributed by atoms with Crippen LogP contribution in [0.2, 0.25) is 0 Å². The third-order valence-corrected chi connectivity index (χ3v) is 17.1. The molecule has 5 nitrogen and oxygen atoms in total. The smallest absolute Gasteiger partial charge is 0.305 e. The molecule has 0 amide bonds. The van der Waals surface area contributed by atoms with E-state index in [1.54, 1.807) is 5.57 Å². The van der Waals surface area contributed by atoms with Crippen LogP contribution in [0.3, 0.4) is 0 Å². The van der Waals surface area contributed by atoms with Crippen molar-refractivity contribution in [3.8, 4) is 0 Å². The predicted octanol–water partition coefficient (Wildman–Crippen LogP) is 8.71. The van der Waals surface area contributed by atoms with Crippen LogP contribution in [0.1, 0.15) is 131 Å². The van der Waals surface area contributed by atoms with Gasteiger partial charge in [0, 0.05) is 60.4 Å². The number of carbonyl (C=O) groups excluding carboxylic acids is 1. The number of hydrogen-bond donors (Lipinski definition) is 1. The van der Waals surface area contributed by atoms with Crippen LogP contribution in [-0.4, -0.2) is 65.4 Å². The van der Waals surface area contributed by atoms with E-state index >= 15 is 0 Å². The van der Waals surface area contributed by atoms with Gasteiger partial charge in [0.1, 0.15) is 0 Å². The Labute approximate surface area is 291 Å². The van der Waals surface area contributed by atoms with Crippen molar-refractivity contribution in [2.24, 2.45) is 45.3 Å². The highest BCUT2D eigenvalue weighted by Crippen LogP contribution is 2.75. The molecule has 0 radical (unpaired) electrons. The number of methoxy groups -OCH3 is 1. The van der Waals surface area contributed by atoms with Crippen LogP contribution in [0.4, 0.5) is 0 Å². The van der Waals surface area contributed by atoms with Gasteiger partial charge in [-0.25, -0.2) is 0 Å². The van der Waals surface area contributed by atoms with E-state index in [1.807, 2.05) is 0 Å². The van der Waals surface area contributed by atoms with Gasteiger partial charge in [0.25, 0.3) is 0 Å². The first-order chi connectivity index (χ1) is 22.4. The van der Waals surface area contributed by atoms with Gasteiger partial charge < -0.3 is 15.0 Å². The van der Waals surface area contributed by atoms with Gasteiger partial charge in [-0.05, 0) is 122 Å². The van der Waals surface area contributed by atoms with E-state index < -0.39 is 10.8 Å². The van der Waals surface area contributed by atoms with Crippen molar-refractivity contribution >= 4 is 16.8 Å². The lowest BCUT2D eigenvalue weighted by Gasteiger charge is -2.72. The Morgan fingerprint density at radius 3 is 2.38 bits per heavy atom. The molecule has 6 heteroatoms. The molecule has 6 rings (SSSR count). The highest BCUT2D eigenvalue weighted by molar-refractivity contribution is 7.85. The van der Waals surface area contributed by atoms with Gasteiger partial charge in [-0.2, -0.15) is 0 Å². The van der Waals surface area contributed by atoms with Gasteiger partial charge in [-0.15, -0.1) is 13.2 Å². The largest absolute Gasteiger partial charge is 0.469 e. The van der Waals surface area contributed by atoms with Crippen LogP contribution >= 0.6 is 0 Å². The van der Waals surface area contributed by atoms with Gasteiger partial charge in [0.15, 0.2) is 0 Å². The number of hydrogen-bond acceptors (Lipinski definition) is 5. The van der Waals surface area contributed by atoms with Crippen molar-refractivity contribution < 1.29 is 13.7 Å². The number of unbranched alkanes of at least 4 members (excludes halogenated alkanes) is 2. The third kappa shape index (κ3) is 6.64. The van der Waals surface area contributed by atoms with Crippen molar-refractivity contribution in [1.29, 1.82) is 0 Å². The molecule has 1 heterocycles. The van der Waals surface area contributed by atoms with E-state index in [0.717, 1.165) is 74.2 Å². The Balaban J connectivity index is 0.00000213. The molecule has 47 heavy (non-hydrogen) atoms. The topological polar surface area (TPSA) is 58.6 Å². The summed E-state index contributed by atoms with van der Waals surface area (Å²) in [6.45, 7) is 23.6. The molecule has 5 fully saturated rings. The van der Waals surface area contributed by atoms with E-state index in [1.165, 1.54) is 84.2 Å². The van der Waals surface area contributed by atoms with Crippen molar-refractivity contribution in [2.75, 3.05) is 44.8 Å². The zero-order valence-electron chi connectivity index (χ0n) is 31.2. The zero-order valence-corrected chi connectivity index (χ0v) is 32.0. The molecule has 0 bridgehead atoms. The van der Waals surface area contributed by atoms with Crippen LogP contribution < -0.4 is 5.32 Å². The number of ether oxygens (including phenoxy) is 1. The van der Waals surface area contributed by atoms with E-state index in [4.69, 9.17) is 4.74 Å². The molecule has 6 aliphatic rings. The van der Waals surface area contributed by atoms with Gasteiger partial charge in [0.2, 0.25) is 0 Å². The normalized spacial score (nSPS) is 41.3. The molecule has 1 saturated heterocycles. The molecule has 8 atom stereocenters. The second kappa shape index (κ2) is 14.7. The number of allylic oxidation sites excluding steroid dienone is 2. The fourth-order valence-corrected chi connectivity index (χ4v) is 14.3. The zero-order chi connectivity index (χ0) is 34.1. The van der Waals surface area contributed by atoms with Gasteiger partial charge in [-0.3, -0.25) is 9.00 Å². The van der Waals surface area contributed by atoms with E-state index in [2.05, 4.69) is 64.1 Å². The van der Waals surface area contributed by atoms with Crippen LogP contribution in [0.25, 0.3) is 0 Å². The lowest BCUT2D eigenvalue weighted by Crippen LogP contribution is -2.67. The molecule has 0 aromatic carbocycles. The second-order valence-corrected chi connectivity index (χ2v) is 19.4. The second-order valence-electron chi connectivity index (χ2n) is 17.7. The summed E-state index contributed by atoms with van der Waals surface area (Å²) in [7, 11) is 0.907. The minimum Gasteiger partial charge on any atom is -0.469 e. The first kappa shape index (κ1) is 37.3. The van der Waals surface area contributed by atoms with E-state index in [9.17, 15) is 9.00 Å². The molecule has 4 saturated carbocycles. The summed E-state index contributed by atoms with van der Waals surface area (Å²) >= 11 is 0. The van der Waals surface area contributed by atoms with Crippen molar-refractivity contribution in [3.63, 3.8) is 0 Å². The summed E-state index contributed by atoms with van der Waals surface area (Å²) in [6, 6.07) is 0. The fraction of sp³-hybridized carbons (Fsp3) is 0.878. The Morgan fingerprint density at radius 2 is 1.66 bits per heavy atom. The van der Waals surface area contributed by atoms with Crippen LogP contribution in [0.15, 0.2) is 24.8 Å². The number of rotatable bonds is 10. The Hall–Kier alpha value is -0.980. The summed E-state index contributed by atoms with van der Waals surface area (Å²) in [5.74, 6) is 4.92. The monoisotopic (exact) mass is 671 g/mol. The summed E-state index contributed by atoms with van der Waals surface area (Å²) in [6.07, 6.45) is 21.6. The molecular formula is C41H70N2O3S. The van der Waals surface area contributed by atoms with Crippen LogP contribution in [0, 0.1) is 45.3 Å². The molecule has 0 spiro atoms. The third-order valence-electron chi connectivity index (χ3n) is 15.8. The maximum atomic E-state index is 11.9. The maximum Gasteiger partial charge on any atom is 0.305 e. The summed E-state index contributed by atoms with van der Waals surface area (Å²) in [5, 5.41) is 4.24. The van der Waals surface area contributed by atoms with Crippen molar-refractivity contribution in [2.45, 2.75) is 136 Å². The number of esters is 1. The van der Waals surface area contributed by atoms with Crippen molar-refractivity contribution in [1.82, 2.24) is 10.2 Å². The molecule has 1 aliphatic heterocycles. The minimum atomic E-state index is -0.588. The van der Waals surface area contributed by atoms with Gasteiger partial charge >= 0.3 is 5.97 Å². The van der Waals surface area contributed by atoms with E-state index in [-0.39, 0.29) is 11.4 Å². The lowest BCUT2D eigenvalue weighted by molar-refractivity contribution is -0.219. The Kier molecular flexibility index (Phi) is 11.7. The molecule has 6 unspecified atom stereocenters. The summed E-state index contributed by atoms with van der Waals surface area (Å²) in [5.41, 5.74) is 3.57. The molecular weight excluding hydrogens is 601 g/mol. The van der Waals surface area contributed by atoms with Crippen LogP contribution in [-0.2, 0) is 20.3 Å². The number of nitrogens with one attached hydrogen (secondary N) is 1. The fourth-order valence-electron chi connectivity index (χ4n) is 13.2. The van der Waals surface area contributed by atoms with Gasteiger partial charge in [-0.1, -0.05) is 59.1 Å². The minimum absolute atomic E-state index is 0.0714. The lowest BCUT2D eigenvalue weighted by atomic mass is 9.33. The number of fused-ring (bicyclic) bond motifs is 7. The molecule has 0 aromatic rings. The summed E-state index contributed by atoms with van der Waals surface area (Å²) < 4.78 is 16.7. The number of carbonyl (C=O) groups is 1. The number of nitrogens with zero attached hydrogens (tertiary/aromatic N) is 1. The Morgan fingerprint density at radius 1 is 0.915 bits per heavy atom. The van der Waals surface area contributed by atoms with E-state index in [0.29, 0.717) is 28.2 Å². The van der Waals surface area contributed by atoms with Crippen LogP contribution in [0.5, 0.6) is 0 Å². The molecule has 1 N–H and O–H groups in total. The molecule has 0 aromatic heterocycles. The molecule has 268 valence electrons. The average Bonchev–Trinajstić information content (AvgIpc) is 3.48. The quantitative estimate of drug-likeness (QED) is 0.143. The summed E-state index contributed by atoms with van der Waals surface area (Å²) in [4.78, 5) is 14.1. The average molecular weight is 671 g/mol. The Bertz CT molecular complexity index is 1160. The van der Waals surface area contributed by atoms with Crippen molar-refractivity contribution in [3.05, 3.63) is 24.8 Å². The maximum absolute atomic E-state index is 11.9. The predicted molar refractivity (Wildman–Crippen MR) is 198 cm³/mol. The standard InChI is InChI=1S/C39H66N2O3S.C2H4/c1-35(2)29(11-8-7-9-13-34(42)44-6)16-19-36(3)32(35)17-20-38(5)33(36)15-14-30-31-12-10-18-39(31,22-21-37(30,38)4)40-23-24-41-25-27-45(43)28-26-41;1-2/h16,30-33,40H,7-15,17-28H2,1-6H3;1-2H2/t30?,31-,32?,33?,36?,37-,38?,39?;/m1./s1. The van der Waals surface area contributed by atoms with Gasteiger partial charge in [0.05, 0.1) is 7.11 Å².